The van der Waals surface area contributed by atoms with Crippen molar-refractivity contribution in [2.45, 2.75) is 67.3 Å². The Morgan fingerprint density at radius 3 is 2.27 bits per heavy atom. The van der Waals surface area contributed by atoms with Crippen LogP contribution in [0.3, 0.4) is 0 Å². The van der Waals surface area contributed by atoms with Gasteiger partial charge in [0.1, 0.15) is 5.84 Å². The maximum Gasteiger partial charge on any atom is 0.104 e. The number of hydrogen-bond donors (Lipinski definition) is 2. The van der Waals surface area contributed by atoms with Crippen molar-refractivity contribution >= 4 is 11.7 Å². The van der Waals surface area contributed by atoms with E-state index in [1.807, 2.05) is 0 Å². The van der Waals surface area contributed by atoms with Crippen LogP contribution < -0.4 is 5.73 Å². The van der Waals surface area contributed by atoms with Gasteiger partial charge in [-0.25, -0.2) is 0 Å². The third-order valence-electron chi connectivity index (χ3n) is 4.73. The number of nitrogens with zero attached hydrogens (tertiary/aromatic N) is 2. The quantitative estimate of drug-likeness (QED) is 0.602. The highest BCUT2D eigenvalue weighted by Gasteiger charge is 2.44. The highest BCUT2D eigenvalue weighted by molar-refractivity contribution is 5.88. The van der Waals surface area contributed by atoms with Gasteiger partial charge < -0.3 is 10.6 Å². The van der Waals surface area contributed by atoms with Gasteiger partial charge in [0.25, 0.3) is 0 Å². The number of nitrogens with one attached hydrogen (secondary N) is 1. The molecule has 4 heteroatoms. The topological polar surface area (TPSA) is 65.5 Å². The maximum absolute atomic E-state index is 7.85. The van der Waals surface area contributed by atoms with Gasteiger partial charge in [-0.05, 0) is 22.8 Å². The van der Waals surface area contributed by atoms with Crippen molar-refractivity contribution in [2.24, 2.45) is 27.5 Å². The van der Waals surface area contributed by atoms with Crippen LogP contribution in [0.1, 0.15) is 61.3 Å². The van der Waals surface area contributed by atoms with Gasteiger partial charge in [-0.2, -0.15) is 0 Å². The van der Waals surface area contributed by atoms with Crippen molar-refractivity contribution < 1.29 is 0 Å². The summed E-state index contributed by atoms with van der Waals surface area (Å²) in [6, 6.07) is 0.208. The highest BCUT2D eigenvalue weighted by Crippen LogP contribution is 2.46. The van der Waals surface area contributed by atoms with Gasteiger partial charge in [0, 0.05) is 24.6 Å². The lowest BCUT2D eigenvalue weighted by atomic mass is 9.71. The molecule has 0 aromatic carbocycles. The standard InChI is InChI=1S/C18H32N4/c1-8-13-21-15(18(5,6)7)14(17(2,3)4)12-9-11(16(19)20)10-22(12)13/h11,15H,8-10H2,1-7H3,(H3,19,20). The minimum absolute atomic E-state index is 0.0694. The average molecular weight is 304 g/mol. The molecule has 3 N–H and O–H groups in total. The molecular formula is C18H32N4. The van der Waals surface area contributed by atoms with Gasteiger partial charge in [-0.3, -0.25) is 10.4 Å². The summed E-state index contributed by atoms with van der Waals surface area (Å²) in [4.78, 5) is 7.47. The van der Waals surface area contributed by atoms with Crippen molar-refractivity contribution in [2.75, 3.05) is 6.54 Å². The molecule has 124 valence electrons. The molecule has 2 atom stereocenters. The van der Waals surface area contributed by atoms with Crippen molar-refractivity contribution in [1.82, 2.24) is 4.90 Å². The number of aliphatic imine (C=N–C) groups is 1. The van der Waals surface area contributed by atoms with E-state index < -0.39 is 0 Å². The molecule has 2 unspecified atom stereocenters. The van der Waals surface area contributed by atoms with Crippen LogP contribution >= 0.6 is 0 Å². The lowest BCUT2D eigenvalue weighted by Crippen LogP contribution is -2.42. The largest absolute Gasteiger partial charge is 0.387 e. The van der Waals surface area contributed by atoms with E-state index >= 15 is 0 Å². The normalized spacial score (nSPS) is 26.1. The van der Waals surface area contributed by atoms with Crippen molar-refractivity contribution in [1.29, 1.82) is 5.41 Å². The first-order valence-corrected chi connectivity index (χ1v) is 8.38. The van der Waals surface area contributed by atoms with Crippen LogP contribution in [-0.4, -0.2) is 29.2 Å². The lowest BCUT2D eigenvalue weighted by molar-refractivity contribution is 0.292. The first-order chi connectivity index (χ1) is 9.96. The molecule has 1 saturated heterocycles. The van der Waals surface area contributed by atoms with Crippen molar-refractivity contribution in [3.8, 4) is 0 Å². The summed E-state index contributed by atoms with van der Waals surface area (Å²) in [5, 5.41) is 7.85. The molecule has 2 heterocycles. The first-order valence-electron chi connectivity index (χ1n) is 8.38. The zero-order chi connectivity index (χ0) is 16.9. The van der Waals surface area contributed by atoms with Crippen LogP contribution in [0.2, 0.25) is 0 Å². The summed E-state index contributed by atoms with van der Waals surface area (Å²) < 4.78 is 0. The molecule has 0 spiro atoms. The Bertz CT molecular complexity index is 528. The number of allylic oxidation sites excluding steroid dienone is 1. The molecule has 0 saturated carbocycles. The molecule has 22 heavy (non-hydrogen) atoms. The van der Waals surface area contributed by atoms with Gasteiger partial charge in [0.2, 0.25) is 0 Å². The van der Waals surface area contributed by atoms with Crippen LogP contribution in [0.25, 0.3) is 0 Å². The second-order valence-corrected chi connectivity index (χ2v) is 8.74. The molecule has 4 nitrogen and oxygen atoms in total. The predicted octanol–water partition coefficient (Wildman–Crippen LogP) is 3.78. The van der Waals surface area contributed by atoms with Gasteiger partial charge >= 0.3 is 0 Å². The number of nitrogens with two attached hydrogens (primary N) is 1. The maximum atomic E-state index is 7.85. The van der Waals surface area contributed by atoms with E-state index in [2.05, 4.69) is 53.4 Å². The van der Waals surface area contributed by atoms with Crippen LogP contribution in [0.15, 0.2) is 16.3 Å². The highest BCUT2D eigenvalue weighted by atomic mass is 15.2. The summed E-state index contributed by atoms with van der Waals surface area (Å²) in [5.41, 5.74) is 8.78. The molecule has 0 aliphatic carbocycles. The smallest absolute Gasteiger partial charge is 0.104 e. The molecule has 0 bridgehead atoms. The van der Waals surface area contributed by atoms with Gasteiger partial charge in [-0.15, -0.1) is 0 Å². The Morgan fingerprint density at radius 1 is 1.27 bits per heavy atom. The van der Waals surface area contributed by atoms with E-state index in [0.29, 0.717) is 5.84 Å². The number of amidine groups is 2. The molecule has 0 amide bonds. The summed E-state index contributed by atoms with van der Waals surface area (Å²) in [5.74, 6) is 1.59. The van der Waals surface area contributed by atoms with Crippen molar-refractivity contribution in [3.05, 3.63) is 11.3 Å². The van der Waals surface area contributed by atoms with Crippen molar-refractivity contribution in [3.63, 3.8) is 0 Å². The number of hydrogen-bond acceptors (Lipinski definition) is 3. The molecule has 2 rings (SSSR count). The molecule has 1 fully saturated rings. The fourth-order valence-electron chi connectivity index (χ4n) is 3.66. The van der Waals surface area contributed by atoms with Gasteiger partial charge in [0.15, 0.2) is 0 Å². The second-order valence-electron chi connectivity index (χ2n) is 8.74. The van der Waals surface area contributed by atoms with Crippen LogP contribution in [0.4, 0.5) is 0 Å². The van der Waals surface area contributed by atoms with Crippen LogP contribution in [0.5, 0.6) is 0 Å². The monoisotopic (exact) mass is 304 g/mol. The third-order valence-corrected chi connectivity index (χ3v) is 4.73. The zero-order valence-corrected chi connectivity index (χ0v) is 15.2. The Labute approximate surface area is 135 Å². The van der Waals surface area contributed by atoms with E-state index in [-0.39, 0.29) is 22.8 Å². The Morgan fingerprint density at radius 2 is 1.86 bits per heavy atom. The molecule has 0 aromatic heterocycles. The first kappa shape index (κ1) is 17.0. The summed E-state index contributed by atoms with van der Waals surface area (Å²) in [6.45, 7) is 16.6. The Hall–Kier alpha value is -1.32. The number of fused-ring (bicyclic) bond motifs is 1. The van der Waals surface area contributed by atoms with Gasteiger partial charge in [0.05, 0.1) is 11.9 Å². The predicted molar refractivity (Wildman–Crippen MR) is 94.2 cm³/mol. The number of rotatable bonds is 2. The zero-order valence-electron chi connectivity index (χ0n) is 15.2. The van der Waals surface area contributed by atoms with Crippen LogP contribution in [-0.2, 0) is 0 Å². The average Bonchev–Trinajstić information content (AvgIpc) is 2.78. The lowest BCUT2D eigenvalue weighted by Gasteiger charge is -2.43. The van der Waals surface area contributed by atoms with E-state index in [4.69, 9.17) is 16.1 Å². The van der Waals surface area contributed by atoms with E-state index in [9.17, 15) is 0 Å². The van der Waals surface area contributed by atoms with Gasteiger partial charge in [-0.1, -0.05) is 48.5 Å². The van der Waals surface area contributed by atoms with Crippen LogP contribution in [0, 0.1) is 22.2 Å². The molecule has 2 aliphatic heterocycles. The molecule has 0 aromatic rings. The van der Waals surface area contributed by atoms with E-state index in [0.717, 1.165) is 25.2 Å². The third kappa shape index (κ3) is 2.92. The Balaban J connectivity index is 2.60. The summed E-state index contributed by atoms with van der Waals surface area (Å²) in [6.07, 6.45) is 1.81. The fourth-order valence-corrected chi connectivity index (χ4v) is 3.66. The minimum Gasteiger partial charge on any atom is -0.387 e. The molecule has 0 radical (unpaired) electrons. The fraction of sp³-hybridized carbons (Fsp3) is 0.778. The summed E-state index contributed by atoms with van der Waals surface area (Å²) >= 11 is 0. The molecular weight excluding hydrogens is 272 g/mol. The second kappa shape index (κ2) is 5.39. The minimum atomic E-state index is 0.0694. The van der Waals surface area contributed by atoms with E-state index in [1.165, 1.54) is 11.3 Å². The summed E-state index contributed by atoms with van der Waals surface area (Å²) in [7, 11) is 0. The molecule has 2 aliphatic rings. The Kier molecular flexibility index (Phi) is 4.18. The SMILES string of the molecule is CCC1=NC(C(C)(C)C)C(C(C)(C)C)=C2CC(C(=N)N)CN12. The van der Waals surface area contributed by atoms with E-state index in [1.54, 1.807) is 0 Å².